The first kappa shape index (κ1) is 12.9. The molecule has 0 spiro atoms. The molecule has 1 saturated heterocycles. The molecule has 1 aromatic rings. The standard InChI is InChI=1S/C12H14N2O3S/c15-11(10-6-9(18)7-13-10)14(12(16)17)8-4-2-1-3-5-8/h1-5,9-10,13,18H,6-7H2,(H,16,17). The molecule has 2 rings (SSSR count). The van der Waals surface area contributed by atoms with Crippen LogP contribution >= 0.6 is 12.6 Å². The number of para-hydroxylation sites is 1. The number of anilines is 1. The van der Waals surface area contributed by atoms with E-state index in [2.05, 4.69) is 17.9 Å². The highest BCUT2D eigenvalue weighted by molar-refractivity contribution is 7.81. The van der Waals surface area contributed by atoms with Crippen LogP contribution in [0.5, 0.6) is 0 Å². The van der Waals surface area contributed by atoms with Crippen molar-refractivity contribution in [3.63, 3.8) is 0 Å². The van der Waals surface area contributed by atoms with E-state index in [1.54, 1.807) is 30.3 Å². The van der Waals surface area contributed by atoms with Crippen LogP contribution in [0, 0.1) is 0 Å². The SMILES string of the molecule is O=C(O)N(C(=O)C1CC(S)CN1)c1ccccc1. The first-order valence-corrected chi connectivity index (χ1v) is 6.14. The molecule has 96 valence electrons. The number of imide groups is 1. The molecule has 5 nitrogen and oxygen atoms in total. The Hall–Kier alpha value is -1.53. The van der Waals surface area contributed by atoms with E-state index >= 15 is 0 Å². The van der Waals surface area contributed by atoms with Crippen LogP contribution in [0.1, 0.15) is 6.42 Å². The van der Waals surface area contributed by atoms with Crippen LogP contribution in [0.15, 0.2) is 30.3 Å². The molecule has 0 bridgehead atoms. The number of hydrogen-bond donors (Lipinski definition) is 3. The largest absolute Gasteiger partial charge is 0.464 e. The van der Waals surface area contributed by atoms with Gasteiger partial charge in [0.05, 0.1) is 11.7 Å². The highest BCUT2D eigenvalue weighted by Crippen LogP contribution is 2.19. The van der Waals surface area contributed by atoms with Crippen LogP contribution in [0.25, 0.3) is 0 Å². The smallest absolute Gasteiger partial charge is 0.418 e. The molecule has 2 unspecified atom stereocenters. The number of carbonyl (C=O) groups is 2. The highest BCUT2D eigenvalue weighted by atomic mass is 32.1. The predicted octanol–water partition coefficient (Wildman–Crippen LogP) is 1.36. The number of carboxylic acid groups (broad SMARTS) is 1. The van der Waals surface area contributed by atoms with Crippen LogP contribution in [-0.4, -0.2) is 34.9 Å². The normalized spacial score (nSPS) is 22.7. The average Bonchev–Trinajstić information content (AvgIpc) is 2.77. The summed E-state index contributed by atoms with van der Waals surface area (Å²) in [4.78, 5) is 24.2. The Morgan fingerprint density at radius 2 is 2.00 bits per heavy atom. The van der Waals surface area contributed by atoms with Gasteiger partial charge in [-0.1, -0.05) is 18.2 Å². The third kappa shape index (κ3) is 2.65. The Balaban J connectivity index is 2.21. The molecule has 1 heterocycles. The fourth-order valence-corrected chi connectivity index (χ4v) is 2.29. The number of amides is 2. The number of hydrogen-bond acceptors (Lipinski definition) is 4. The molecule has 2 N–H and O–H groups in total. The second-order valence-electron chi connectivity index (χ2n) is 4.14. The summed E-state index contributed by atoms with van der Waals surface area (Å²) in [5.41, 5.74) is 0.361. The molecule has 2 atom stereocenters. The number of rotatable bonds is 2. The summed E-state index contributed by atoms with van der Waals surface area (Å²) < 4.78 is 0. The minimum atomic E-state index is -1.27. The van der Waals surface area contributed by atoms with E-state index in [4.69, 9.17) is 0 Å². The average molecular weight is 266 g/mol. The van der Waals surface area contributed by atoms with Crippen molar-refractivity contribution in [2.45, 2.75) is 17.7 Å². The molecule has 1 aliphatic heterocycles. The van der Waals surface area contributed by atoms with Gasteiger partial charge in [0, 0.05) is 11.8 Å². The number of thiol groups is 1. The van der Waals surface area contributed by atoms with Gasteiger partial charge in [-0.05, 0) is 18.6 Å². The van der Waals surface area contributed by atoms with Crippen LogP contribution in [0.2, 0.25) is 0 Å². The molecule has 2 amide bonds. The summed E-state index contributed by atoms with van der Waals surface area (Å²) in [7, 11) is 0. The van der Waals surface area contributed by atoms with Gasteiger partial charge in [-0.3, -0.25) is 4.79 Å². The Bertz CT molecular complexity index is 452. The molecule has 18 heavy (non-hydrogen) atoms. The topological polar surface area (TPSA) is 69.6 Å². The van der Waals surface area contributed by atoms with E-state index in [1.807, 2.05) is 0 Å². The third-order valence-corrected chi connectivity index (χ3v) is 3.23. The van der Waals surface area contributed by atoms with Crippen molar-refractivity contribution in [2.75, 3.05) is 11.4 Å². The second-order valence-corrected chi connectivity index (χ2v) is 4.87. The fraction of sp³-hybridized carbons (Fsp3) is 0.333. The first-order chi connectivity index (χ1) is 8.59. The fourth-order valence-electron chi connectivity index (χ4n) is 1.97. The van der Waals surface area contributed by atoms with E-state index in [0.29, 0.717) is 18.7 Å². The van der Waals surface area contributed by atoms with E-state index in [9.17, 15) is 14.7 Å². The van der Waals surface area contributed by atoms with Gasteiger partial charge in [-0.25, -0.2) is 9.69 Å². The van der Waals surface area contributed by atoms with Crippen molar-refractivity contribution >= 4 is 30.3 Å². The van der Waals surface area contributed by atoms with E-state index in [-0.39, 0.29) is 5.25 Å². The van der Waals surface area contributed by atoms with Crippen LogP contribution in [0.3, 0.4) is 0 Å². The molecule has 0 aliphatic carbocycles. The maximum atomic E-state index is 12.2. The Morgan fingerprint density at radius 1 is 1.33 bits per heavy atom. The lowest BCUT2D eigenvalue weighted by Crippen LogP contribution is -2.46. The molecule has 1 fully saturated rings. The summed E-state index contributed by atoms with van der Waals surface area (Å²) in [5.74, 6) is -0.453. The summed E-state index contributed by atoms with van der Waals surface area (Å²) in [5, 5.41) is 12.3. The summed E-state index contributed by atoms with van der Waals surface area (Å²) in [6.07, 6.45) is -0.728. The lowest BCUT2D eigenvalue weighted by Gasteiger charge is -2.20. The van der Waals surface area contributed by atoms with Gasteiger partial charge in [0.15, 0.2) is 0 Å². The zero-order valence-electron chi connectivity index (χ0n) is 9.61. The lowest BCUT2D eigenvalue weighted by molar-refractivity contribution is -0.119. The van der Waals surface area contributed by atoms with Gasteiger partial charge < -0.3 is 10.4 Å². The summed E-state index contributed by atoms with van der Waals surface area (Å²) in [6, 6.07) is 7.87. The molecular formula is C12H14N2O3S. The Kier molecular flexibility index (Phi) is 3.88. The van der Waals surface area contributed by atoms with Crippen molar-refractivity contribution in [1.29, 1.82) is 0 Å². The third-order valence-electron chi connectivity index (χ3n) is 2.83. The quantitative estimate of drug-likeness (QED) is 0.707. The van der Waals surface area contributed by atoms with E-state index in [0.717, 1.165) is 4.90 Å². The van der Waals surface area contributed by atoms with Gasteiger partial charge in [-0.15, -0.1) is 0 Å². The highest BCUT2D eigenvalue weighted by Gasteiger charge is 2.34. The zero-order valence-corrected chi connectivity index (χ0v) is 10.5. The zero-order chi connectivity index (χ0) is 13.1. The maximum Gasteiger partial charge on any atom is 0.418 e. The summed E-state index contributed by atoms with van der Waals surface area (Å²) in [6.45, 7) is 0.613. The van der Waals surface area contributed by atoms with Crippen molar-refractivity contribution < 1.29 is 14.7 Å². The molecule has 1 aliphatic rings. The van der Waals surface area contributed by atoms with Crippen molar-refractivity contribution in [1.82, 2.24) is 5.32 Å². The van der Waals surface area contributed by atoms with Crippen LogP contribution in [-0.2, 0) is 4.79 Å². The van der Waals surface area contributed by atoms with E-state index < -0.39 is 18.0 Å². The minimum Gasteiger partial charge on any atom is -0.464 e. The van der Waals surface area contributed by atoms with E-state index in [1.165, 1.54) is 0 Å². The van der Waals surface area contributed by atoms with Gasteiger partial charge in [-0.2, -0.15) is 12.6 Å². The predicted molar refractivity (Wildman–Crippen MR) is 71.1 cm³/mol. The molecular weight excluding hydrogens is 252 g/mol. The monoisotopic (exact) mass is 266 g/mol. The minimum absolute atomic E-state index is 0.0883. The van der Waals surface area contributed by atoms with Crippen LogP contribution < -0.4 is 10.2 Å². The Morgan fingerprint density at radius 3 is 2.50 bits per heavy atom. The summed E-state index contributed by atoms with van der Waals surface area (Å²) >= 11 is 4.27. The first-order valence-electron chi connectivity index (χ1n) is 5.63. The Labute approximate surface area is 110 Å². The number of nitrogens with one attached hydrogen (secondary N) is 1. The van der Waals surface area contributed by atoms with Crippen molar-refractivity contribution in [3.8, 4) is 0 Å². The van der Waals surface area contributed by atoms with Gasteiger partial charge in [0.25, 0.3) is 5.91 Å². The number of nitrogens with zero attached hydrogens (tertiary/aromatic N) is 1. The van der Waals surface area contributed by atoms with Gasteiger partial charge >= 0.3 is 6.09 Å². The number of benzene rings is 1. The molecule has 0 radical (unpaired) electrons. The van der Waals surface area contributed by atoms with Gasteiger partial charge in [0.2, 0.25) is 0 Å². The molecule has 0 saturated carbocycles. The molecule has 6 heteroatoms. The molecule has 0 aromatic heterocycles. The second kappa shape index (κ2) is 5.41. The molecule has 1 aromatic carbocycles. The van der Waals surface area contributed by atoms with Crippen molar-refractivity contribution in [3.05, 3.63) is 30.3 Å². The number of carbonyl (C=O) groups excluding carboxylic acids is 1. The van der Waals surface area contributed by atoms with Crippen molar-refractivity contribution in [2.24, 2.45) is 0 Å². The maximum absolute atomic E-state index is 12.2. The lowest BCUT2D eigenvalue weighted by atomic mass is 10.2. The van der Waals surface area contributed by atoms with Gasteiger partial charge in [0.1, 0.15) is 0 Å². The van der Waals surface area contributed by atoms with Crippen LogP contribution in [0.4, 0.5) is 10.5 Å².